The Morgan fingerprint density at radius 3 is 3.00 bits per heavy atom. The van der Waals surface area contributed by atoms with E-state index in [0.717, 1.165) is 29.2 Å². The summed E-state index contributed by atoms with van der Waals surface area (Å²) in [6.45, 7) is 0.918. The molecule has 25 heavy (non-hydrogen) atoms. The first-order valence-electron chi connectivity index (χ1n) is 8.11. The molecule has 0 saturated carbocycles. The normalized spacial score (nSPS) is 14.3. The van der Waals surface area contributed by atoms with Crippen molar-refractivity contribution in [2.45, 2.75) is 6.42 Å². The van der Waals surface area contributed by atoms with Crippen LogP contribution in [0.15, 0.2) is 42.7 Å². The van der Waals surface area contributed by atoms with E-state index in [2.05, 4.69) is 15.6 Å². The van der Waals surface area contributed by atoms with Gasteiger partial charge in [0.15, 0.2) is 11.5 Å². The Bertz CT molecular complexity index is 964. The third kappa shape index (κ3) is 2.14. The van der Waals surface area contributed by atoms with E-state index in [1.165, 1.54) is 5.56 Å². The molecule has 0 N–H and O–H groups in total. The maximum Gasteiger partial charge on any atom is 0.231 e. The van der Waals surface area contributed by atoms with Gasteiger partial charge in [-0.3, -0.25) is 4.57 Å². The number of hydrogen-bond donors (Lipinski definition) is 0. The highest BCUT2D eigenvalue weighted by molar-refractivity contribution is 5.69. The van der Waals surface area contributed by atoms with Gasteiger partial charge in [-0.2, -0.15) is 0 Å². The number of fused-ring (bicyclic) bond motifs is 2. The fourth-order valence-corrected chi connectivity index (χ4v) is 3.40. The molecular formula is C19H16N2O4. The second kappa shape index (κ2) is 5.44. The first-order valence-corrected chi connectivity index (χ1v) is 8.11. The molecule has 6 heteroatoms. The van der Waals surface area contributed by atoms with Crippen LogP contribution in [-0.2, 0) is 6.42 Å². The van der Waals surface area contributed by atoms with E-state index in [9.17, 15) is 0 Å². The summed E-state index contributed by atoms with van der Waals surface area (Å²) in [5.74, 6) is 3.71. The number of imidazole rings is 1. The maximum absolute atomic E-state index is 5.69. The molecule has 3 aromatic rings. The number of benzene rings is 2. The fourth-order valence-electron chi connectivity index (χ4n) is 3.40. The summed E-state index contributed by atoms with van der Waals surface area (Å²) in [6, 6.07) is 9.95. The molecule has 0 spiro atoms. The first kappa shape index (κ1) is 14.2. The van der Waals surface area contributed by atoms with Crippen molar-refractivity contribution in [2.75, 3.05) is 20.5 Å². The summed E-state index contributed by atoms with van der Waals surface area (Å²) in [4.78, 5) is 4.56. The van der Waals surface area contributed by atoms with Crippen LogP contribution in [0.1, 0.15) is 5.56 Å². The zero-order valence-electron chi connectivity index (χ0n) is 13.7. The molecule has 6 nitrogen and oxygen atoms in total. The molecule has 126 valence electrons. The summed E-state index contributed by atoms with van der Waals surface area (Å²) in [5, 5.41) is 0. The average molecular weight is 336 g/mol. The Labute approximate surface area is 144 Å². The number of methoxy groups -OCH3 is 1. The summed E-state index contributed by atoms with van der Waals surface area (Å²) in [6.07, 6.45) is 4.65. The van der Waals surface area contributed by atoms with Crippen molar-refractivity contribution in [1.82, 2.24) is 9.55 Å². The van der Waals surface area contributed by atoms with Crippen LogP contribution in [0.2, 0.25) is 0 Å². The maximum atomic E-state index is 5.69. The topological polar surface area (TPSA) is 54.7 Å². The highest BCUT2D eigenvalue weighted by Gasteiger charge is 2.23. The van der Waals surface area contributed by atoms with Gasteiger partial charge < -0.3 is 18.9 Å². The van der Waals surface area contributed by atoms with Crippen LogP contribution in [0, 0.1) is 0 Å². The van der Waals surface area contributed by atoms with Gasteiger partial charge in [0.1, 0.15) is 11.6 Å². The third-order valence-corrected chi connectivity index (χ3v) is 4.53. The van der Waals surface area contributed by atoms with Gasteiger partial charge in [-0.25, -0.2) is 4.98 Å². The smallest absolute Gasteiger partial charge is 0.231 e. The summed E-state index contributed by atoms with van der Waals surface area (Å²) in [5.41, 5.74) is 3.19. The Kier molecular flexibility index (Phi) is 3.09. The molecule has 0 saturated heterocycles. The lowest BCUT2D eigenvalue weighted by molar-refractivity contribution is 0.171. The van der Waals surface area contributed by atoms with Crippen LogP contribution in [0.4, 0.5) is 0 Å². The van der Waals surface area contributed by atoms with Gasteiger partial charge in [0.2, 0.25) is 12.5 Å². The van der Waals surface area contributed by atoms with Gasteiger partial charge in [-0.1, -0.05) is 6.07 Å². The lowest BCUT2D eigenvalue weighted by Crippen LogP contribution is -2.00. The number of hydrogen-bond acceptors (Lipinski definition) is 5. The highest BCUT2D eigenvalue weighted by Crippen LogP contribution is 2.44. The minimum atomic E-state index is 0.202. The van der Waals surface area contributed by atoms with Crippen molar-refractivity contribution < 1.29 is 18.9 Å². The van der Waals surface area contributed by atoms with Crippen LogP contribution in [0.25, 0.3) is 17.1 Å². The van der Waals surface area contributed by atoms with Gasteiger partial charge in [0, 0.05) is 29.9 Å². The van der Waals surface area contributed by atoms with E-state index < -0.39 is 0 Å². The molecule has 0 fully saturated rings. The van der Waals surface area contributed by atoms with Crippen LogP contribution < -0.4 is 18.9 Å². The minimum absolute atomic E-state index is 0.202. The SMILES string of the molecule is COc1cc(-c2nccn2-c2cccc3c2CCO3)cc2c1OCO2. The van der Waals surface area contributed by atoms with E-state index in [1.807, 2.05) is 30.5 Å². The second-order valence-electron chi connectivity index (χ2n) is 5.89. The molecule has 0 amide bonds. The summed E-state index contributed by atoms with van der Waals surface area (Å²) < 4.78 is 24.2. The quantitative estimate of drug-likeness (QED) is 0.735. The standard InChI is InChI=1S/C19H16N2O4/c1-22-16-9-12(10-17-18(16)25-11-24-17)19-20-6-7-21(19)14-3-2-4-15-13(14)5-8-23-15/h2-4,6-7,9-10H,5,8,11H2,1H3. The molecule has 0 bridgehead atoms. The van der Waals surface area contributed by atoms with Crippen molar-refractivity contribution in [3.8, 4) is 40.1 Å². The van der Waals surface area contributed by atoms with Crippen LogP contribution in [0.5, 0.6) is 23.0 Å². The largest absolute Gasteiger partial charge is 0.493 e. The molecule has 0 aliphatic carbocycles. The van der Waals surface area contributed by atoms with E-state index in [1.54, 1.807) is 13.3 Å². The fraction of sp³-hybridized carbons (Fsp3) is 0.211. The van der Waals surface area contributed by atoms with Crippen LogP contribution in [0.3, 0.4) is 0 Å². The molecule has 2 aliphatic rings. The molecule has 1 aromatic heterocycles. The Morgan fingerprint density at radius 1 is 1.12 bits per heavy atom. The lowest BCUT2D eigenvalue weighted by Gasteiger charge is -2.13. The molecule has 0 unspecified atom stereocenters. The Balaban J connectivity index is 1.67. The molecule has 3 heterocycles. The second-order valence-corrected chi connectivity index (χ2v) is 5.89. The molecule has 0 radical (unpaired) electrons. The van der Waals surface area contributed by atoms with Gasteiger partial charge in [0.05, 0.1) is 19.4 Å². The van der Waals surface area contributed by atoms with Crippen molar-refractivity contribution in [1.29, 1.82) is 0 Å². The summed E-state index contributed by atoms with van der Waals surface area (Å²) in [7, 11) is 1.62. The lowest BCUT2D eigenvalue weighted by atomic mass is 10.1. The first-order chi connectivity index (χ1) is 12.3. The van der Waals surface area contributed by atoms with E-state index in [4.69, 9.17) is 18.9 Å². The third-order valence-electron chi connectivity index (χ3n) is 4.53. The van der Waals surface area contributed by atoms with Crippen molar-refractivity contribution in [3.63, 3.8) is 0 Å². The number of rotatable bonds is 3. The van der Waals surface area contributed by atoms with Crippen LogP contribution in [-0.4, -0.2) is 30.1 Å². The van der Waals surface area contributed by atoms with Gasteiger partial charge in [-0.15, -0.1) is 0 Å². The summed E-state index contributed by atoms with van der Waals surface area (Å²) >= 11 is 0. The molecule has 0 atom stereocenters. The van der Waals surface area contributed by atoms with Gasteiger partial charge >= 0.3 is 0 Å². The molecule has 2 aliphatic heterocycles. The predicted octanol–water partition coefficient (Wildman–Crippen LogP) is 3.21. The van der Waals surface area contributed by atoms with Gasteiger partial charge in [-0.05, 0) is 24.3 Å². The minimum Gasteiger partial charge on any atom is -0.493 e. The number of aromatic nitrogens is 2. The van der Waals surface area contributed by atoms with Crippen molar-refractivity contribution in [2.24, 2.45) is 0 Å². The van der Waals surface area contributed by atoms with Crippen LogP contribution >= 0.6 is 0 Å². The van der Waals surface area contributed by atoms with E-state index in [-0.39, 0.29) is 6.79 Å². The predicted molar refractivity (Wildman–Crippen MR) is 90.9 cm³/mol. The zero-order chi connectivity index (χ0) is 16.8. The van der Waals surface area contributed by atoms with Crippen molar-refractivity contribution >= 4 is 0 Å². The number of nitrogens with zero attached hydrogens (tertiary/aromatic N) is 2. The van der Waals surface area contributed by atoms with Crippen molar-refractivity contribution in [3.05, 3.63) is 48.3 Å². The van der Waals surface area contributed by atoms with E-state index in [0.29, 0.717) is 23.9 Å². The molecular weight excluding hydrogens is 320 g/mol. The Morgan fingerprint density at radius 2 is 2.08 bits per heavy atom. The molecule has 2 aromatic carbocycles. The number of ether oxygens (including phenoxy) is 4. The van der Waals surface area contributed by atoms with E-state index >= 15 is 0 Å². The molecule has 5 rings (SSSR count). The highest BCUT2D eigenvalue weighted by atomic mass is 16.7. The monoisotopic (exact) mass is 336 g/mol. The average Bonchev–Trinajstić information content (AvgIpc) is 3.39. The zero-order valence-corrected chi connectivity index (χ0v) is 13.7. The Hall–Kier alpha value is -3.15. The van der Waals surface area contributed by atoms with Gasteiger partial charge in [0.25, 0.3) is 0 Å².